The van der Waals surface area contributed by atoms with Gasteiger partial charge in [0.1, 0.15) is 0 Å². The molecule has 58 heavy (non-hydrogen) atoms. The van der Waals surface area contributed by atoms with Crippen molar-refractivity contribution in [2.45, 2.75) is 15.2 Å². The van der Waals surface area contributed by atoms with Gasteiger partial charge >= 0.3 is 0 Å². The molecular weight excluding hydrogens is 731 g/mol. The van der Waals surface area contributed by atoms with Crippen molar-refractivity contribution in [3.05, 3.63) is 223 Å². The maximum atomic E-state index is 14.6. The normalized spacial score (nSPS) is 13.9. The van der Waals surface area contributed by atoms with E-state index in [1.165, 1.54) is 0 Å². The topological polar surface area (TPSA) is 72.8 Å². The number of nitrogens with zero attached hydrogens (tertiary/aromatic N) is 3. The summed E-state index contributed by atoms with van der Waals surface area (Å²) in [5.74, 6) is 0.571. The molecule has 6 heteroatoms. The van der Waals surface area contributed by atoms with E-state index in [0.717, 1.165) is 83.7 Å². The second-order valence-electron chi connectivity index (χ2n) is 14.7. The van der Waals surface area contributed by atoms with E-state index >= 15 is 0 Å². The van der Waals surface area contributed by atoms with E-state index in [0.29, 0.717) is 15.6 Å². The Morgan fingerprint density at radius 2 is 0.879 bits per heavy atom. The van der Waals surface area contributed by atoms with Crippen LogP contribution in [0.5, 0.6) is 0 Å². The molecule has 5 nitrogen and oxygen atoms in total. The zero-order chi connectivity index (χ0) is 38.8. The molecule has 1 aliphatic carbocycles. The van der Waals surface area contributed by atoms with Gasteiger partial charge in [0.05, 0.1) is 26.6 Å². The van der Waals surface area contributed by atoms with E-state index < -0.39 is 15.3 Å². The summed E-state index contributed by atoms with van der Waals surface area (Å²) in [4.78, 5) is 15.5. The van der Waals surface area contributed by atoms with Gasteiger partial charge in [0.25, 0.3) is 0 Å². The van der Waals surface area contributed by atoms with Gasteiger partial charge in [-0.1, -0.05) is 158 Å². The Hall–Kier alpha value is -7.28. The molecule has 0 unspecified atom stereocenters. The molecule has 3 heterocycles. The van der Waals surface area contributed by atoms with Gasteiger partial charge in [0, 0.05) is 29.1 Å². The molecule has 0 atom stereocenters. The molecule has 274 valence electrons. The first-order chi connectivity index (χ1) is 28.5. The second kappa shape index (κ2) is 13.2. The summed E-state index contributed by atoms with van der Waals surface area (Å²) in [6.07, 6.45) is 3.65. The van der Waals surface area contributed by atoms with Gasteiger partial charge in [-0.15, -0.1) is 0 Å². The van der Waals surface area contributed by atoms with Gasteiger partial charge in [0.15, 0.2) is 5.82 Å². The first-order valence-electron chi connectivity index (χ1n) is 19.3. The van der Waals surface area contributed by atoms with Gasteiger partial charge in [-0.25, -0.2) is 18.4 Å². The van der Waals surface area contributed by atoms with Gasteiger partial charge in [-0.2, -0.15) is 0 Å². The van der Waals surface area contributed by atoms with Crippen molar-refractivity contribution in [2.24, 2.45) is 0 Å². The third kappa shape index (κ3) is 5.08. The van der Waals surface area contributed by atoms with Gasteiger partial charge in [-0.3, -0.25) is 4.98 Å². The highest BCUT2D eigenvalue weighted by molar-refractivity contribution is 7.91. The number of rotatable bonds is 4. The molecule has 0 bridgehead atoms. The molecule has 0 fully saturated rings. The molecule has 0 saturated heterocycles. The van der Waals surface area contributed by atoms with Crippen LogP contribution in [0.3, 0.4) is 0 Å². The number of hydrogen-bond donors (Lipinski definition) is 0. The van der Waals surface area contributed by atoms with Crippen LogP contribution >= 0.6 is 0 Å². The fraction of sp³-hybridized carbons (Fsp3) is 0.0192. The fourth-order valence-corrected chi connectivity index (χ4v) is 10.9. The fourth-order valence-electron chi connectivity index (χ4n) is 9.08. The quantitative estimate of drug-likeness (QED) is 0.178. The lowest BCUT2D eigenvalue weighted by atomic mass is 9.63. The number of sulfone groups is 1. The Morgan fingerprint density at radius 3 is 1.52 bits per heavy atom. The summed E-state index contributed by atoms with van der Waals surface area (Å²) in [7, 11) is -3.84. The van der Waals surface area contributed by atoms with Crippen molar-refractivity contribution in [3.8, 4) is 67.3 Å². The monoisotopic (exact) mass is 763 g/mol. The lowest BCUT2D eigenvalue weighted by molar-refractivity contribution is 0.579. The van der Waals surface area contributed by atoms with E-state index in [1.54, 1.807) is 18.3 Å². The largest absolute Gasteiger partial charge is 0.264 e. The van der Waals surface area contributed by atoms with Crippen LogP contribution in [0.2, 0.25) is 0 Å². The molecule has 0 saturated carbocycles. The van der Waals surface area contributed by atoms with Crippen molar-refractivity contribution in [2.75, 3.05) is 0 Å². The molecule has 9 aromatic rings. The summed E-state index contributed by atoms with van der Waals surface area (Å²) >= 11 is 0. The standard InChI is InChI=1S/C52H33N3O2S/c56-58(57)49-22-10-8-20-44(49)52(45-21-9-11-23-50(45)58)43-19-7-6-18-41(43)39-16-4-5-17-40(39)42-29-28-37(31-46(42)52)51-54-47(35-13-2-1-3-14-35)32-48(55-51)36-26-24-34(25-27-36)38-15-12-30-53-33-38/h1-33H. The minimum Gasteiger partial charge on any atom is -0.264 e. The van der Waals surface area contributed by atoms with E-state index in [4.69, 9.17) is 9.97 Å². The van der Waals surface area contributed by atoms with Crippen LogP contribution in [0, 0.1) is 0 Å². The predicted molar refractivity (Wildman–Crippen MR) is 230 cm³/mol. The Bertz CT molecular complexity index is 3130. The number of fused-ring (bicyclic) bond motifs is 11. The van der Waals surface area contributed by atoms with E-state index in [9.17, 15) is 8.42 Å². The molecule has 0 radical (unpaired) electrons. The number of aromatic nitrogens is 3. The summed E-state index contributed by atoms with van der Waals surface area (Å²) in [5.41, 5.74) is 13.1. The average molecular weight is 764 g/mol. The summed E-state index contributed by atoms with van der Waals surface area (Å²) in [5, 5.41) is 0. The molecular formula is C52H33N3O2S. The summed E-state index contributed by atoms with van der Waals surface area (Å²) in [6.45, 7) is 0. The maximum absolute atomic E-state index is 14.6. The molecule has 2 aliphatic rings. The first-order valence-corrected chi connectivity index (χ1v) is 20.7. The maximum Gasteiger partial charge on any atom is 0.207 e. The van der Waals surface area contributed by atoms with E-state index in [-0.39, 0.29) is 0 Å². The first kappa shape index (κ1) is 34.0. The summed E-state index contributed by atoms with van der Waals surface area (Å²) < 4.78 is 29.1. The van der Waals surface area contributed by atoms with E-state index in [1.807, 2.05) is 72.9 Å². The third-order valence-corrected chi connectivity index (χ3v) is 13.5. The zero-order valence-corrected chi connectivity index (χ0v) is 31.9. The molecule has 1 aliphatic heterocycles. The highest BCUT2D eigenvalue weighted by Crippen LogP contribution is 2.59. The highest BCUT2D eigenvalue weighted by atomic mass is 32.2. The van der Waals surface area contributed by atoms with Crippen LogP contribution in [-0.2, 0) is 15.3 Å². The molecule has 0 amide bonds. The lowest BCUT2D eigenvalue weighted by Gasteiger charge is -2.42. The van der Waals surface area contributed by atoms with E-state index in [2.05, 4.69) is 114 Å². The smallest absolute Gasteiger partial charge is 0.207 e. The Balaban J connectivity index is 1.21. The predicted octanol–water partition coefficient (Wildman–Crippen LogP) is 11.7. The molecule has 11 rings (SSSR count). The Morgan fingerprint density at radius 1 is 0.379 bits per heavy atom. The van der Waals surface area contributed by atoms with Crippen molar-refractivity contribution < 1.29 is 8.42 Å². The lowest BCUT2D eigenvalue weighted by Crippen LogP contribution is -2.38. The van der Waals surface area contributed by atoms with Crippen molar-refractivity contribution in [1.82, 2.24) is 15.0 Å². The minimum absolute atomic E-state index is 0.310. The van der Waals surface area contributed by atoms with Crippen molar-refractivity contribution in [1.29, 1.82) is 0 Å². The Kier molecular flexibility index (Phi) is 7.71. The highest BCUT2D eigenvalue weighted by Gasteiger charge is 2.51. The van der Waals surface area contributed by atoms with Crippen LogP contribution in [0.4, 0.5) is 0 Å². The zero-order valence-electron chi connectivity index (χ0n) is 31.1. The van der Waals surface area contributed by atoms with Crippen molar-refractivity contribution >= 4 is 9.84 Å². The summed E-state index contributed by atoms with van der Waals surface area (Å²) in [6, 6.07) is 63.1. The van der Waals surface area contributed by atoms with Crippen LogP contribution < -0.4 is 0 Å². The molecule has 2 aromatic heterocycles. The van der Waals surface area contributed by atoms with Crippen LogP contribution in [0.15, 0.2) is 210 Å². The number of hydrogen-bond acceptors (Lipinski definition) is 5. The van der Waals surface area contributed by atoms with Crippen molar-refractivity contribution in [3.63, 3.8) is 0 Å². The number of pyridine rings is 1. The van der Waals surface area contributed by atoms with Crippen LogP contribution in [0.25, 0.3) is 67.3 Å². The Labute approximate surface area is 337 Å². The third-order valence-electron chi connectivity index (χ3n) is 11.7. The number of benzene rings is 7. The van der Waals surface area contributed by atoms with Gasteiger partial charge in [-0.05, 0) is 86.0 Å². The van der Waals surface area contributed by atoms with Crippen LogP contribution in [-0.4, -0.2) is 23.4 Å². The van der Waals surface area contributed by atoms with Gasteiger partial charge < -0.3 is 0 Å². The van der Waals surface area contributed by atoms with Gasteiger partial charge in [0.2, 0.25) is 9.84 Å². The second-order valence-corrected chi connectivity index (χ2v) is 16.6. The van der Waals surface area contributed by atoms with Crippen LogP contribution in [0.1, 0.15) is 22.3 Å². The minimum atomic E-state index is -3.84. The average Bonchev–Trinajstić information content (AvgIpc) is 3.40. The molecule has 0 N–H and O–H groups in total. The SMILES string of the molecule is O=S1(=O)c2ccccc2C2(c3ccccc3-c3ccccc3-c3ccc(-c4nc(-c5ccccc5)cc(-c5ccc(-c6cccnc6)cc5)n4)cc32)c2ccccc21. The molecule has 1 spiro atoms. The molecule has 7 aromatic carbocycles.